The maximum atomic E-state index is 9.79. The molecule has 1 unspecified atom stereocenters. The second-order valence-electron chi connectivity index (χ2n) is 3.48. The van der Waals surface area contributed by atoms with Crippen LogP contribution in [0.1, 0.15) is 17.6 Å². The van der Waals surface area contributed by atoms with Crippen LogP contribution in [0.25, 0.3) is 0 Å². The molecule has 0 bridgehead atoms. The van der Waals surface area contributed by atoms with Crippen LogP contribution in [0.2, 0.25) is 0 Å². The summed E-state index contributed by atoms with van der Waals surface area (Å²) in [6, 6.07) is 9.22. The molecule has 4 nitrogen and oxygen atoms in total. The lowest BCUT2D eigenvalue weighted by Crippen LogP contribution is -2.21. The lowest BCUT2D eigenvalue weighted by atomic mass is 10.2. The summed E-state index contributed by atoms with van der Waals surface area (Å²) in [6.45, 7) is 1.06. The molecule has 0 aliphatic carbocycles. The molecule has 0 radical (unpaired) electrons. The maximum absolute atomic E-state index is 9.79. The molecular formula is C12H14N2O2. The van der Waals surface area contributed by atoms with Gasteiger partial charge in [-0.2, -0.15) is 0 Å². The number of nitrogens with one attached hydrogen (secondary N) is 1. The Labute approximate surface area is 93.9 Å². The third-order valence-electron chi connectivity index (χ3n) is 2.25. The number of aromatic nitrogens is 1. The molecule has 2 aromatic rings. The number of furan rings is 1. The minimum Gasteiger partial charge on any atom is -0.468 e. The van der Waals surface area contributed by atoms with Crippen molar-refractivity contribution in [1.82, 2.24) is 10.3 Å². The van der Waals surface area contributed by atoms with Crippen LogP contribution >= 0.6 is 0 Å². The lowest BCUT2D eigenvalue weighted by Gasteiger charge is -2.10. The van der Waals surface area contributed by atoms with Crippen molar-refractivity contribution in [2.75, 3.05) is 6.54 Å². The highest BCUT2D eigenvalue weighted by molar-refractivity contribution is 5.07. The average Bonchev–Trinajstić information content (AvgIpc) is 2.83. The van der Waals surface area contributed by atoms with E-state index in [1.54, 1.807) is 18.5 Å². The van der Waals surface area contributed by atoms with Gasteiger partial charge in [-0.15, -0.1) is 0 Å². The normalized spacial score (nSPS) is 12.6. The summed E-state index contributed by atoms with van der Waals surface area (Å²) in [7, 11) is 0. The molecule has 2 rings (SSSR count). The zero-order valence-electron chi connectivity index (χ0n) is 8.84. The zero-order chi connectivity index (χ0) is 11.2. The second kappa shape index (κ2) is 5.44. The molecule has 4 heteroatoms. The fourth-order valence-electron chi connectivity index (χ4n) is 1.42. The molecule has 2 N–H and O–H groups in total. The van der Waals surface area contributed by atoms with Gasteiger partial charge >= 0.3 is 0 Å². The molecule has 1 atom stereocenters. The van der Waals surface area contributed by atoms with Gasteiger partial charge in [0.15, 0.2) is 0 Å². The highest BCUT2D eigenvalue weighted by atomic mass is 16.3. The van der Waals surface area contributed by atoms with Crippen molar-refractivity contribution in [2.24, 2.45) is 0 Å². The molecule has 0 aliphatic heterocycles. The third kappa shape index (κ3) is 2.92. The number of hydrogen-bond donors (Lipinski definition) is 2. The van der Waals surface area contributed by atoms with Gasteiger partial charge in [0.05, 0.1) is 18.5 Å². The van der Waals surface area contributed by atoms with Gasteiger partial charge in [0.2, 0.25) is 0 Å². The number of hydrogen-bond acceptors (Lipinski definition) is 4. The van der Waals surface area contributed by atoms with Crippen LogP contribution < -0.4 is 5.32 Å². The number of rotatable bonds is 5. The molecule has 0 amide bonds. The fraction of sp³-hybridized carbons (Fsp3) is 0.250. The summed E-state index contributed by atoms with van der Waals surface area (Å²) in [4.78, 5) is 4.08. The quantitative estimate of drug-likeness (QED) is 0.798. The van der Waals surface area contributed by atoms with E-state index >= 15 is 0 Å². The standard InChI is InChI=1S/C12H14N2O2/c15-12(11-5-1-2-6-14-11)9-13-8-10-4-3-7-16-10/h1-7,12-13,15H,8-9H2. The van der Waals surface area contributed by atoms with Gasteiger partial charge in [0, 0.05) is 12.7 Å². The smallest absolute Gasteiger partial charge is 0.117 e. The van der Waals surface area contributed by atoms with Crippen LogP contribution in [0.5, 0.6) is 0 Å². The monoisotopic (exact) mass is 218 g/mol. The molecule has 2 heterocycles. The summed E-state index contributed by atoms with van der Waals surface area (Å²) in [6.07, 6.45) is 2.72. The summed E-state index contributed by atoms with van der Waals surface area (Å²) in [5.41, 5.74) is 0.675. The van der Waals surface area contributed by atoms with Crippen LogP contribution in [0.3, 0.4) is 0 Å². The summed E-state index contributed by atoms with van der Waals surface area (Å²) < 4.78 is 5.16. The van der Waals surface area contributed by atoms with Crippen LogP contribution in [-0.4, -0.2) is 16.6 Å². The largest absolute Gasteiger partial charge is 0.468 e. The Morgan fingerprint density at radius 2 is 2.25 bits per heavy atom. The molecule has 2 aromatic heterocycles. The van der Waals surface area contributed by atoms with Gasteiger partial charge < -0.3 is 14.8 Å². The van der Waals surface area contributed by atoms with Gasteiger partial charge in [0.1, 0.15) is 11.9 Å². The molecule has 0 spiro atoms. The summed E-state index contributed by atoms with van der Waals surface area (Å²) in [5, 5.41) is 12.9. The Hall–Kier alpha value is -1.65. The van der Waals surface area contributed by atoms with E-state index in [4.69, 9.17) is 4.42 Å². The van der Waals surface area contributed by atoms with Crippen molar-refractivity contribution in [1.29, 1.82) is 0 Å². The molecule has 16 heavy (non-hydrogen) atoms. The highest BCUT2D eigenvalue weighted by Gasteiger charge is 2.07. The first-order chi connectivity index (χ1) is 7.86. The third-order valence-corrected chi connectivity index (χ3v) is 2.25. The molecule has 0 fully saturated rings. The Morgan fingerprint density at radius 3 is 2.94 bits per heavy atom. The minimum atomic E-state index is -0.587. The van der Waals surface area contributed by atoms with Crippen molar-refractivity contribution < 1.29 is 9.52 Å². The van der Waals surface area contributed by atoms with Gasteiger partial charge in [-0.3, -0.25) is 4.98 Å². The predicted octanol–water partition coefficient (Wildman–Crippen LogP) is 1.50. The Balaban J connectivity index is 1.78. The van der Waals surface area contributed by atoms with Crippen LogP contribution in [-0.2, 0) is 6.54 Å². The first-order valence-electron chi connectivity index (χ1n) is 5.18. The lowest BCUT2D eigenvalue weighted by molar-refractivity contribution is 0.169. The van der Waals surface area contributed by atoms with Crippen molar-refractivity contribution in [3.8, 4) is 0 Å². The Bertz CT molecular complexity index is 400. The highest BCUT2D eigenvalue weighted by Crippen LogP contribution is 2.07. The van der Waals surface area contributed by atoms with E-state index in [2.05, 4.69) is 10.3 Å². The average molecular weight is 218 g/mol. The molecule has 84 valence electrons. The van der Waals surface area contributed by atoms with Crippen molar-refractivity contribution in [3.63, 3.8) is 0 Å². The van der Waals surface area contributed by atoms with Crippen LogP contribution in [0.4, 0.5) is 0 Å². The van der Waals surface area contributed by atoms with Gasteiger partial charge in [-0.25, -0.2) is 0 Å². The van der Waals surface area contributed by atoms with E-state index in [9.17, 15) is 5.11 Å². The Morgan fingerprint density at radius 1 is 1.31 bits per heavy atom. The topological polar surface area (TPSA) is 58.3 Å². The molecular weight excluding hydrogens is 204 g/mol. The number of aliphatic hydroxyl groups is 1. The minimum absolute atomic E-state index is 0.456. The molecule has 0 aliphatic rings. The zero-order valence-corrected chi connectivity index (χ0v) is 8.84. The SMILES string of the molecule is OC(CNCc1ccco1)c1ccccn1. The van der Waals surface area contributed by atoms with Crippen LogP contribution in [0, 0.1) is 0 Å². The predicted molar refractivity (Wildman–Crippen MR) is 59.6 cm³/mol. The first-order valence-corrected chi connectivity index (χ1v) is 5.18. The van der Waals surface area contributed by atoms with Crippen molar-refractivity contribution in [2.45, 2.75) is 12.6 Å². The van der Waals surface area contributed by atoms with Crippen molar-refractivity contribution >= 4 is 0 Å². The van der Waals surface area contributed by atoms with E-state index in [1.807, 2.05) is 24.3 Å². The van der Waals surface area contributed by atoms with Gasteiger partial charge in [0.25, 0.3) is 0 Å². The van der Waals surface area contributed by atoms with Gasteiger partial charge in [-0.1, -0.05) is 6.07 Å². The van der Waals surface area contributed by atoms with Gasteiger partial charge in [-0.05, 0) is 24.3 Å². The molecule has 0 saturated carbocycles. The van der Waals surface area contributed by atoms with E-state index in [0.717, 1.165) is 5.76 Å². The fourth-order valence-corrected chi connectivity index (χ4v) is 1.42. The number of nitrogens with zero attached hydrogens (tertiary/aromatic N) is 1. The van der Waals surface area contributed by atoms with Crippen LogP contribution in [0.15, 0.2) is 47.2 Å². The summed E-state index contributed by atoms with van der Waals surface area (Å²) >= 11 is 0. The first kappa shape index (κ1) is 10.9. The Kier molecular flexibility index (Phi) is 3.69. The maximum Gasteiger partial charge on any atom is 0.117 e. The van der Waals surface area contributed by atoms with E-state index in [0.29, 0.717) is 18.8 Å². The van der Waals surface area contributed by atoms with E-state index < -0.39 is 6.10 Å². The molecule has 0 saturated heterocycles. The molecule has 0 aromatic carbocycles. The second-order valence-corrected chi connectivity index (χ2v) is 3.48. The number of aliphatic hydroxyl groups excluding tert-OH is 1. The summed E-state index contributed by atoms with van der Waals surface area (Å²) in [5.74, 6) is 0.855. The number of pyridine rings is 1. The van der Waals surface area contributed by atoms with E-state index in [1.165, 1.54) is 0 Å². The van der Waals surface area contributed by atoms with Crippen molar-refractivity contribution in [3.05, 3.63) is 54.2 Å². The van der Waals surface area contributed by atoms with E-state index in [-0.39, 0.29) is 0 Å².